The first kappa shape index (κ1) is 13.8. The molecule has 2 aliphatic rings. The molecule has 2 atom stereocenters. The molecule has 2 N–H and O–H groups in total. The molecule has 0 aromatic rings. The van der Waals surface area contributed by atoms with Crippen LogP contribution in [0.5, 0.6) is 0 Å². The summed E-state index contributed by atoms with van der Waals surface area (Å²) in [7, 11) is 0. The largest absolute Gasteiger partial charge is 0.352 e. The van der Waals surface area contributed by atoms with E-state index >= 15 is 0 Å². The molecule has 0 bridgehead atoms. The Morgan fingerprint density at radius 3 is 2.83 bits per heavy atom. The van der Waals surface area contributed by atoms with Gasteiger partial charge in [-0.25, -0.2) is 0 Å². The van der Waals surface area contributed by atoms with E-state index in [0.29, 0.717) is 12.6 Å². The molecule has 4 nitrogen and oxygen atoms in total. The van der Waals surface area contributed by atoms with E-state index in [0.717, 1.165) is 32.1 Å². The molecule has 1 aliphatic carbocycles. The number of nitrogens with one attached hydrogen (secondary N) is 2. The third kappa shape index (κ3) is 4.25. The average molecular weight is 253 g/mol. The van der Waals surface area contributed by atoms with Crippen LogP contribution in [0, 0.1) is 5.92 Å². The van der Waals surface area contributed by atoms with Crippen molar-refractivity contribution in [3.63, 3.8) is 0 Å². The Balaban J connectivity index is 1.69. The molecule has 2 fully saturated rings. The SMILES string of the molecule is CCC1CCCC(NC(=O)CN2CCNCC2)C1. The third-order valence-electron chi connectivity index (χ3n) is 4.30. The predicted molar refractivity (Wildman–Crippen MR) is 73.5 cm³/mol. The van der Waals surface area contributed by atoms with Crippen molar-refractivity contribution in [2.24, 2.45) is 5.92 Å². The van der Waals surface area contributed by atoms with Crippen LogP contribution in [0.15, 0.2) is 0 Å². The molecule has 0 aromatic carbocycles. The maximum atomic E-state index is 12.0. The molecule has 2 unspecified atom stereocenters. The highest BCUT2D eigenvalue weighted by atomic mass is 16.2. The van der Waals surface area contributed by atoms with Crippen LogP contribution >= 0.6 is 0 Å². The second kappa shape index (κ2) is 7.10. The maximum absolute atomic E-state index is 12.0. The van der Waals surface area contributed by atoms with Crippen LogP contribution in [0.25, 0.3) is 0 Å². The third-order valence-corrected chi connectivity index (χ3v) is 4.30. The summed E-state index contributed by atoms with van der Waals surface area (Å²) < 4.78 is 0. The minimum absolute atomic E-state index is 0.221. The monoisotopic (exact) mass is 253 g/mol. The Bertz CT molecular complexity index is 264. The molecule has 0 spiro atoms. The first-order valence-corrected chi connectivity index (χ1v) is 7.50. The molecule has 1 aliphatic heterocycles. The molecular weight excluding hydrogens is 226 g/mol. The van der Waals surface area contributed by atoms with Crippen molar-refractivity contribution in [2.75, 3.05) is 32.7 Å². The molecule has 0 radical (unpaired) electrons. The highest BCUT2D eigenvalue weighted by molar-refractivity contribution is 5.78. The van der Waals surface area contributed by atoms with Crippen LogP contribution in [0.4, 0.5) is 0 Å². The fraction of sp³-hybridized carbons (Fsp3) is 0.929. The van der Waals surface area contributed by atoms with Gasteiger partial charge in [-0.2, -0.15) is 0 Å². The molecule has 1 saturated carbocycles. The van der Waals surface area contributed by atoms with Gasteiger partial charge < -0.3 is 10.6 Å². The van der Waals surface area contributed by atoms with Gasteiger partial charge >= 0.3 is 0 Å². The van der Waals surface area contributed by atoms with Gasteiger partial charge in [0.05, 0.1) is 6.54 Å². The van der Waals surface area contributed by atoms with Gasteiger partial charge in [-0.05, 0) is 18.8 Å². The quantitative estimate of drug-likeness (QED) is 0.785. The van der Waals surface area contributed by atoms with Crippen molar-refractivity contribution < 1.29 is 4.79 Å². The summed E-state index contributed by atoms with van der Waals surface area (Å²) >= 11 is 0. The number of hydrogen-bond acceptors (Lipinski definition) is 3. The van der Waals surface area contributed by atoms with Gasteiger partial charge in [0.1, 0.15) is 0 Å². The lowest BCUT2D eigenvalue weighted by Gasteiger charge is -2.31. The lowest BCUT2D eigenvalue weighted by molar-refractivity contribution is -0.123. The van der Waals surface area contributed by atoms with Gasteiger partial charge in [-0.15, -0.1) is 0 Å². The smallest absolute Gasteiger partial charge is 0.234 e. The molecular formula is C14H27N3O. The molecule has 2 rings (SSSR count). The fourth-order valence-electron chi connectivity index (χ4n) is 3.14. The molecule has 1 heterocycles. The zero-order chi connectivity index (χ0) is 12.8. The lowest BCUT2D eigenvalue weighted by atomic mass is 9.84. The first-order valence-electron chi connectivity index (χ1n) is 7.50. The van der Waals surface area contributed by atoms with E-state index in [2.05, 4.69) is 22.5 Å². The number of carbonyl (C=O) groups is 1. The number of hydrogen-bond donors (Lipinski definition) is 2. The number of carbonyl (C=O) groups excluding carboxylic acids is 1. The summed E-state index contributed by atoms with van der Waals surface area (Å²) in [4.78, 5) is 14.2. The maximum Gasteiger partial charge on any atom is 0.234 e. The Morgan fingerprint density at radius 1 is 1.33 bits per heavy atom. The van der Waals surface area contributed by atoms with Crippen molar-refractivity contribution >= 4 is 5.91 Å². The van der Waals surface area contributed by atoms with Gasteiger partial charge in [0.25, 0.3) is 0 Å². The van der Waals surface area contributed by atoms with E-state index in [-0.39, 0.29) is 5.91 Å². The van der Waals surface area contributed by atoms with E-state index in [1.807, 2.05) is 0 Å². The van der Waals surface area contributed by atoms with E-state index in [9.17, 15) is 4.79 Å². The number of piperazine rings is 1. The zero-order valence-electron chi connectivity index (χ0n) is 11.6. The molecule has 4 heteroatoms. The second-order valence-corrected chi connectivity index (χ2v) is 5.73. The van der Waals surface area contributed by atoms with Crippen LogP contribution in [0.2, 0.25) is 0 Å². The summed E-state index contributed by atoms with van der Waals surface area (Å²) in [6.45, 7) is 6.85. The summed E-state index contributed by atoms with van der Waals surface area (Å²) in [5.41, 5.74) is 0. The Morgan fingerprint density at radius 2 is 2.11 bits per heavy atom. The first-order chi connectivity index (χ1) is 8.78. The van der Waals surface area contributed by atoms with Crippen molar-refractivity contribution in [1.82, 2.24) is 15.5 Å². The molecule has 1 amide bonds. The minimum Gasteiger partial charge on any atom is -0.352 e. The number of amides is 1. The van der Waals surface area contributed by atoms with E-state index in [4.69, 9.17) is 0 Å². The predicted octanol–water partition coefficient (Wildman–Crippen LogP) is 0.977. The van der Waals surface area contributed by atoms with Crippen molar-refractivity contribution in [2.45, 2.75) is 45.1 Å². The molecule has 0 aromatic heterocycles. The van der Waals surface area contributed by atoms with E-state index < -0.39 is 0 Å². The zero-order valence-corrected chi connectivity index (χ0v) is 11.6. The molecule has 1 saturated heterocycles. The average Bonchev–Trinajstić information content (AvgIpc) is 2.40. The van der Waals surface area contributed by atoms with Gasteiger partial charge in [0.2, 0.25) is 5.91 Å². The standard InChI is InChI=1S/C14H27N3O/c1-2-12-4-3-5-13(10-12)16-14(18)11-17-8-6-15-7-9-17/h12-13,15H,2-11H2,1H3,(H,16,18). The van der Waals surface area contributed by atoms with E-state index in [1.165, 1.54) is 32.1 Å². The Hall–Kier alpha value is -0.610. The fourth-order valence-corrected chi connectivity index (χ4v) is 3.14. The summed E-state index contributed by atoms with van der Waals surface area (Å²) in [5, 5.41) is 6.54. The topological polar surface area (TPSA) is 44.4 Å². The van der Waals surface area contributed by atoms with Gasteiger partial charge in [-0.3, -0.25) is 9.69 Å². The normalized spacial score (nSPS) is 30.1. The summed E-state index contributed by atoms with van der Waals surface area (Å²) in [6.07, 6.45) is 6.23. The van der Waals surface area contributed by atoms with Crippen LogP contribution in [0.1, 0.15) is 39.0 Å². The van der Waals surface area contributed by atoms with Crippen LogP contribution in [-0.4, -0.2) is 49.6 Å². The van der Waals surface area contributed by atoms with E-state index in [1.54, 1.807) is 0 Å². The Kier molecular flexibility index (Phi) is 5.45. The van der Waals surface area contributed by atoms with Gasteiger partial charge in [0.15, 0.2) is 0 Å². The highest BCUT2D eigenvalue weighted by Crippen LogP contribution is 2.26. The number of rotatable bonds is 4. The van der Waals surface area contributed by atoms with Crippen molar-refractivity contribution in [3.05, 3.63) is 0 Å². The summed E-state index contributed by atoms with van der Waals surface area (Å²) in [6, 6.07) is 0.430. The van der Waals surface area contributed by atoms with Crippen LogP contribution in [-0.2, 0) is 4.79 Å². The molecule has 104 valence electrons. The lowest BCUT2D eigenvalue weighted by Crippen LogP contribution is -2.49. The Labute approximate surface area is 110 Å². The van der Waals surface area contributed by atoms with Crippen molar-refractivity contribution in [1.29, 1.82) is 0 Å². The summed E-state index contributed by atoms with van der Waals surface area (Å²) in [5.74, 6) is 1.04. The van der Waals surface area contributed by atoms with Crippen LogP contribution in [0.3, 0.4) is 0 Å². The highest BCUT2D eigenvalue weighted by Gasteiger charge is 2.22. The second-order valence-electron chi connectivity index (χ2n) is 5.73. The van der Waals surface area contributed by atoms with Crippen LogP contribution < -0.4 is 10.6 Å². The van der Waals surface area contributed by atoms with Crippen molar-refractivity contribution in [3.8, 4) is 0 Å². The minimum atomic E-state index is 0.221. The van der Waals surface area contributed by atoms with Gasteiger partial charge in [0, 0.05) is 32.2 Å². The number of nitrogens with zero attached hydrogens (tertiary/aromatic N) is 1. The van der Waals surface area contributed by atoms with Gasteiger partial charge in [-0.1, -0.05) is 26.2 Å². The molecule has 18 heavy (non-hydrogen) atoms.